The van der Waals surface area contributed by atoms with E-state index in [0.29, 0.717) is 11.4 Å². The molecule has 0 saturated heterocycles. The van der Waals surface area contributed by atoms with Gasteiger partial charge in [-0.05, 0) is 26.0 Å². The van der Waals surface area contributed by atoms with E-state index < -0.39 is 0 Å². The molecule has 0 amide bonds. The van der Waals surface area contributed by atoms with Crippen molar-refractivity contribution >= 4 is 23.0 Å². The number of anilines is 1. The van der Waals surface area contributed by atoms with Gasteiger partial charge < -0.3 is 0 Å². The number of benzene rings is 1. The summed E-state index contributed by atoms with van der Waals surface area (Å²) in [5.74, 6) is 0. The minimum atomic E-state index is -0.387. The third-order valence-electron chi connectivity index (χ3n) is 2.32. The van der Waals surface area contributed by atoms with Crippen molar-refractivity contribution in [1.29, 1.82) is 0 Å². The molecule has 0 aliphatic carbocycles. The lowest BCUT2D eigenvalue weighted by molar-refractivity contribution is 0.808. The number of para-hydroxylation sites is 1. The lowest BCUT2D eigenvalue weighted by Gasteiger charge is -2.07. The maximum Gasteiger partial charge on any atom is 0.292 e. The van der Waals surface area contributed by atoms with Gasteiger partial charge in [-0.2, -0.15) is 14.9 Å². The van der Waals surface area contributed by atoms with Crippen molar-refractivity contribution in [3.8, 4) is 5.69 Å². The molecule has 2 rings (SSSR count). The van der Waals surface area contributed by atoms with Crippen molar-refractivity contribution in [3.05, 3.63) is 51.9 Å². The van der Waals surface area contributed by atoms with E-state index in [1.807, 2.05) is 32.0 Å². The van der Waals surface area contributed by atoms with Crippen LogP contribution in [0.5, 0.6) is 0 Å². The molecule has 0 fully saturated rings. The van der Waals surface area contributed by atoms with Gasteiger partial charge in [0.1, 0.15) is 10.7 Å². The fourth-order valence-electron chi connectivity index (χ4n) is 1.44. The molecule has 1 aromatic heterocycles. The second-order valence-corrected chi connectivity index (χ2v) is 4.47. The van der Waals surface area contributed by atoms with Gasteiger partial charge in [0.15, 0.2) is 0 Å². The monoisotopic (exact) mass is 276 g/mol. The molecule has 0 radical (unpaired) electrons. The van der Waals surface area contributed by atoms with Gasteiger partial charge in [0, 0.05) is 5.71 Å². The molecule has 19 heavy (non-hydrogen) atoms. The van der Waals surface area contributed by atoms with Gasteiger partial charge in [0.25, 0.3) is 5.56 Å². The largest absolute Gasteiger partial charge is 0.292 e. The Bertz CT molecular complexity index is 660. The number of aromatic nitrogens is 2. The van der Waals surface area contributed by atoms with E-state index in [1.54, 1.807) is 12.1 Å². The molecule has 0 aliphatic rings. The van der Waals surface area contributed by atoms with Crippen LogP contribution >= 0.6 is 11.6 Å². The number of nitrogens with zero attached hydrogens (tertiary/aromatic N) is 3. The highest BCUT2D eigenvalue weighted by Crippen LogP contribution is 2.16. The normalized spacial score (nSPS) is 10.1. The molecular weight excluding hydrogens is 264 g/mol. The SMILES string of the molecule is CC(C)=NNc1cnn(-c2ccccc2)c(=O)c1Cl. The Balaban J connectivity index is 2.44. The van der Waals surface area contributed by atoms with Gasteiger partial charge in [-0.3, -0.25) is 10.2 Å². The molecule has 1 heterocycles. The van der Waals surface area contributed by atoms with Crippen LogP contribution < -0.4 is 11.0 Å². The summed E-state index contributed by atoms with van der Waals surface area (Å²) in [6.45, 7) is 3.67. The topological polar surface area (TPSA) is 59.3 Å². The van der Waals surface area contributed by atoms with Crippen LogP contribution in [0, 0.1) is 0 Å². The lowest BCUT2D eigenvalue weighted by Crippen LogP contribution is -2.22. The summed E-state index contributed by atoms with van der Waals surface area (Å²) in [6.07, 6.45) is 1.48. The summed E-state index contributed by atoms with van der Waals surface area (Å²) >= 11 is 6.03. The summed E-state index contributed by atoms with van der Waals surface area (Å²) in [5.41, 5.74) is 4.20. The highest BCUT2D eigenvalue weighted by Gasteiger charge is 2.09. The molecule has 1 aromatic carbocycles. The molecule has 0 atom stereocenters. The average Bonchev–Trinajstić information content (AvgIpc) is 2.41. The van der Waals surface area contributed by atoms with E-state index >= 15 is 0 Å². The lowest BCUT2D eigenvalue weighted by atomic mass is 10.3. The number of rotatable bonds is 3. The minimum absolute atomic E-state index is 0.0591. The molecular formula is C13H13ClN4O. The summed E-state index contributed by atoms with van der Waals surface area (Å²) in [5, 5.41) is 8.13. The number of hydrazone groups is 1. The van der Waals surface area contributed by atoms with E-state index in [1.165, 1.54) is 10.9 Å². The minimum Gasteiger partial charge on any atom is -0.275 e. The van der Waals surface area contributed by atoms with Gasteiger partial charge in [-0.1, -0.05) is 29.8 Å². The van der Waals surface area contributed by atoms with Gasteiger partial charge in [0.2, 0.25) is 0 Å². The van der Waals surface area contributed by atoms with Crippen molar-refractivity contribution in [2.75, 3.05) is 5.43 Å². The van der Waals surface area contributed by atoms with Gasteiger partial charge in [-0.25, -0.2) is 0 Å². The van der Waals surface area contributed by atoms with Gasteiger partial charge >= 0.3 is 0 Å². The molecule has 0 saturated carbocycles. The summed E-state index contributed by atoms with van der Waals surface area (Å²) in [7, 11) is 0. The number of halogens is 1. The third-order valence-corrected chi connectivity index (χ3v) is 2.68. The predicted octanol–water partition coefficient (Wildman–Crippen LogP) is 2.69. The molecule has 2 aromatic rings. The smallest absolute Gasteiger partial charge is 0.275 e. The van der Waals surface area contributed by atoms with Crippen LogP contribution in [0.4, 0.5) is 5.69 Å². The average molecular weight is 277 g/mol. The molecule has 98 valence electrons. The second-order valence-electron chi connectivity index (χ2n) is 4.10. The van der Waals surface area contributed by atoms with E-state index in [-0.39, 0.29) is 10.6 Å². The van der Waals surface area contributed by atoms with Crippen LogP contribution in [0.25, 0.3) is 5.69 Å². The van der Waals surface area contributed by atoms with Crippen molar-refractivity contribution in [1.82, 2.24) is 9.78 Å². The highest BCUT2D eigenvalue weighted by molar-refractivity contribution is 6.32. The predicted molar refractivity (Wildman–Crippen MR) is 77.2 cm³/mol. The first-order valence-electron chi connectivity index (χ1n) is 5.70. The second kappa shape index (κ2) is 5.67. The number of hydrogen-bond donors (Lipinski definition) is 1. The molecule has 5 nitrogen and oxygen atoms in total. The Kier molecular flexibility index (Phi) is 3.97. The van der Waals surface area contributed by atoms with Crippen LogP contribution in [0.2, 0.25) is 5.02 Å². The Hall–Kier alpha value is -2.14. The zero-order chi connectivity index (χ0) is 13.8. The van der Waals surface area contributed by atoms with Crippen molar-refractivity contribution in [2.45, 2.75) is 13.8 Å². The third kappa shape index (κ3) is 3.00. The fraction of sp³-hybridized carbons (Fsp3) is 0.154. The molecule has 0 aliphatic heterocycles. The van der Waals surface area contributed by atoms with Crippen molar-refractivity contribution in [3.63, 3.8) is 0 Å². The Morgan fingerprint density at radius 1 is 1.32 bits per heavy atom. The van der Waals surface area contributed by atoms with E-state index in [4.69, 9.17) is 11.6 Å². The zero-order valence-corrected chi connectivity index (χ0v) is 11.3. The van der Waals surface area contributed by atoms with Crippen LogP contribution in [0.15, 0.2) is 46.4 Å². The van der Waals surface area contributed by atoms with Crippen molar-refractivity contribution in [2.24, 2.45) is 5.10 Å². The van der Waals surface area contributed by atoms with Crippen molar-refractivity contribution < 1.29 is 0 Å². The van der Waals surface area contributed by atoms with Crippen LogP contribution in [0.1, 0.15) is 13.8 Å². The molecule has 1 N–H and O–H groups in total. The van der Waals surface area contributed by atoms with E-state index in [0.717, 1.165) is 5.71 Å². The van der Waals surface area contributed by atoms with E-state index in [9.17, 15) is 4.79 Å². The summed E-state index contributed by atoms with van der Waals surface area (Å²) in [4.78, 5) is 12.1. The fourth-order valence-corrected chi connectivity index (χ4v) is 1.61. The molecule has 0 bridgehead atoms. The Morgan fingerprint density at radius 3 is 2.63 bits per heavy atom. The maximum atomic E-state index is 12.1. The number of hydrogen-bond acceptors (Lipinski definition) is 4. The van der Waals surface area contributed by atoms with Crippen LogP contribution in [-0.2, 0) is 0 Å². The first-order chi connectivity index (χ1) is 9.09. The standard InChI is InChI=1S/C13H13ClN4O/c1-9(2)16-17-11-8-15-18(13(19)12(11)14)10-6-4-3-5-7-10/h3-8,17H,1-2H3. The maximum absolute atomic E-state index is 12.1. The molecule has 0 unspecified atom stereocenters. The van der Waals surface area contributed by atoms with Gasteiger partial charge in [0.05, 0.1) is 11.9 Å². The molecule has 6 heteroatoms. The highest BCUT2D eigenvalue weighted by atomic mass is 35.5. The summed E-state index contributed by atoms with van der Waals surface area (Å²) < 4.78 is 1.25. The van der Waals surface area contributed by atoms with Gasteiger partial charge in [-0.15, -0.1) is 0 Å². The summed E-state index contributed by atoms with van der Waals surface area (Å²) in [6, 6.07) is 9.09. The number of nitrogens with one attached hydrogen (secondary N) is 1. The Morgan fingerprint density at radius 2 is 2.00 bits per heavy atom. The van der Waals surface area contributed by atoms with Crippen LogP contribution in [0.3, 0.4) is 0 Å². The first kappa shape index (κ1) is 13.3. The van der Waals surface area contributed by atoms with E-state index in [2.05, 4.69) is 15.6 Å². The first-order valence-corrected chi connectivity index (χ1v) is 6.07. The van der Waals surface area contributed by atoms with Crippen LogP contribution in [-0.4, -0.2) is 15.5 Å². The zero-order valence-electron chi connectivity index (χ0n) is 10.6. The quantitative estimate of drug-likeness (QED) is 0.693. The molecule has 0 spiro atoms. The Labute approximate surface area is 115 Å².